The van der Waals surface area contributed by atoms with E-state index in [4.69, 9.17) is 0 Å². The molecule has 0 aromatic carbocycles. The number of carbonyl (C=O) groups is 2. The van der Waals surface area contributed by atoms with Crippen LogP contribution in [-0.4, -0.2) is 38.1 Å². The molecular formula is C8H13N3O3. The van der Waals surface area contributed by atoms with Crippen molar-refractivity contribution in [3.63, 3.8) is 0 Å². The highest BCUT2D eigenvalue weighted by molar-refractivity contribution is 5.87. The van der Waals surface area contributed by atoms with Crippen LogP contribution in [0.1, 0.15) is 6.92 Å². The van der Waals surface area contributed by atoms with E-state index in [0.717, 1.165) is 0 Å². The van der Waals surface area contributed by atoms with Gasteiger partial charge in [-0.15, -0.1) is 5.11 Å². The smallest absolute Gasteiger partial charge is 0.450 e. The Labute approximate surface area is 82.2 Å². The van der Waals surface area contributed by atoms with E-state index in [0.29, 0.717) is 5.70 Å². The highest BCUT2D eigenvalue weighted by Gasteiger charge is 2.00. The first-order valence-corrected chi connectivity index (χ1v) is 3.86. The van der Waals surface area contributed by atoms with Crippen molar-refractivity contribution in [3.8, 4) is 0 Å². The minimum absolute atomic E-state index is 0.216. The summed E-state index contributed by atoms with van der Waals surface area (Å²) in [5, 5.41) is 6.66. The highest BCUT2D eigenvalue weighted by Crippen LogP contribution is 1.98. The summed E-state index contributed by atoms with van der Waals surface area (Å²) in [4.78, 5) is 23.0. The third-order valence-electron chi connectivity index (χ3n) is 1.24. The molecular weight excluding hydrogens is 186 g/mol. The number of carbonyl (C=O) groups excluding carboxylic acids is 2. The molecule has 0 aliphatic carbocycles. The van der Waals surface area contributed by atoms with Gasteiger partial charge in [0.15, 0.2) is 0 Å². The Morgan fingerprint density at radius 3 is 2.29 bits per heavy atom. The lowest BCUT2D eigenvalue weighted by Gasteiger charge is -2.05. The zero-order valence-corrected chi connectivity index (χ0v) is 8.64. The number of methoxy groups -OCH3 is 1. The van der Waals surface area contributed by atoms with Gasteiger partial charge in [0, 0.05) is 20.2 Å². The van der Waals surface area contributed by atoms with Gasteiger partial charge < -0.3 is 9.64 Å². The average Bonchev–Trinajstić information content (AvgIpc) is 2.13. The summed E-state index contributed by atoms with van der Waals surface area (Å²) >= 11 is 0. The number of ether oxygens (including phenoxy) is 1. The summed E-state index contributed by atoms with van der Waals surface area (Å²) in [6.07, 6.45) is 0.474. The van der Waals surface area contributed by atoms with Gasteiger partial charge in [0.25, 0.3) is 0 Å². The molecule has 0 aromatic rings. The van der Waals surface area contributed by atoms with Crippen LogP contribution in [0.5, 0.6) is 0 Å². The summed E-state index contributed by atoms with van der Waals surface area (Å²) in [5.74, 6) is -0.216. The molecule has 14 heavy (non-hydrogen) atoms. The van der Waals surface area contributed by atoms with Crippen LogP contribution in [0.25, 0.3) is 0 Å². The lowest BCUT2D eigenvalue weighted by Crippen LogP contribution is -2.19. The van der Waals surface area contributed by atoms with E-state index in [2.05, 4.69) is 15.0 Å². The number of rotatable bonds is 2. The second-order valence-corrected chi connectivity index (χ2v) is 2.69. The van der Waals surface area contributed by atoms with Crippen molar-refractivity contribution < 1.29 is 14.3 Å². The largest absolute Gasteiger partial charge is 0.452 e. The summed E-state index contributed by atoms with van der Waals surface area (Å²) < 4.78 is 4.23. The van der Waals surface area contributed by atoms with Gasteiger partial charge in [-0.1, -0.05) is 5.11 Å². The van der Waals surface area contributed by atoms with Crippen LogP contribution in [0.15, 0.2) is 22.0 Å². The predicted octanol–water partition coefficient (Wildman–Crippen LogP) is 1.20. The number of likely N-dealkylation sites (N-methyl/N-ethyl adjacent to an activating group) is 1. The topological polar surface area (TPSA) is 71.3 Å². The normalized spacial score (nSPS) is 11.6. The molecule has 0 bridgehead atoms. The molecule has 0 heterocycles. The molecule has 0 aliphatic heterocycles. The van der Waals surface area contributed by atoms with Crippen molar-refractivity contribution in [1.29, 1.82) is 0 Å². The second kappa shape index (κ2) is 5.85. The molecule has 0 aromatic heterocycles. The molecule has 0 N–H and O–H groups in total. The Balaban J connectivity index is 4.34. The number of hydrogen-bond donors (Lipinski definition) is 0. The zero-order valence-electron chi connectivity index (χ0n) is 8.64. The van der Waals surface area contributed by atoms with Gasteiger partial charge in [-0.2, -0.15) is 0 Å². The number of azo groups is 1. The Kier molecular flexibility index (Phi) is 5.13. The van der Waals surface area contributed by atoms with Crippen molar-refractivity contribution in [2.24, 2.45) is 10.2 Å². The molecule has 78 valence electrons. The summed E-state index contributed by atoms with van der Waals surface area (Å²) in [7, 11) is 4.43. The van der Waals surface area contributed by atoms with Gasteiger partial charge in [-0.25, -0.2) is 4.79 Å². The number of amides is 2. The molecule has 0 spiro atoms. The van der Waals surface area contributed by atoms with Crippen molar-refractivity contribution in [1.82, 2.24) is 4.90 Å². The minimum atomic E-state index is -0.796. The van der Waals surface area contributed by atoms with Crippen LogP contribution in [0.3, 0.4) is 0 Å². The molecule has 6 heteroatoms. The molecule has 0 rings (SSSR count). The number of hydrogen-bond acceptors (Lipinski definition) is 4. The lowest BCUT2D eigenvalue weighted by molar-refractivity contribution is -0.123. The molecule has 0 unspecified atom stereocenters. The van der Waals surface area contributed by atoms with Gasteiger partial charge in [0.05, 0.1) is 12.8 Å². The Morgan fingerprint density at radius 2 is 1.86 bits per heavy atom. The molecule has 0 fully saturated rings. The minimum Gasteiger partial charge on any atom is -0.450 e. The van der Waals surface area contributed by atoms with Crippen LogP contribution < -0.4 is 0 Å². The van der Waals surface area contributed by atoms with Gasteiger partial charge in [0.2, 0.25) is 5.91 Å². The van der Waals surface area contributed by atoms with Crippen molar-refractivity contribution >= 4 is 12.0 Å². The van der Waals surface area contributed by atoms with Crippen LogP contribution in [-0.2, 0) is 9.53 Å². The van der Waals surface area contributed by atoms with Gasteiger partial charge in [0.1, 0.15) is 0 Å². The van der Waals surface area contributed by atoms with Gasteiger partial charge >= 0.3 is 6.09 Å². The van der Waals surface area contributed by atoms with E-state index in [9.17, 15) is 9.59 Å². The van der Waals surface area contributed by atoms with Crippen LogP contribution in [0.2, 0.25) is 0 Å². The fourth-order valence-corrected chi connectivity index (χ4v) is 0.497. The molecule has 6 nitrogen and oxygen atoms in total. The predicted molar refractivity (Wildman–Crippen MR) is 49.7 cm³/mol. The molecule has 0 atom stereocenters. The summed E-state index contributed by atoms with van der Waals surface area (Å²) in [5.41, 5.74) is 0.342. The van der Waals surface area contributed by atoms with Gasteiger partial charge in [-0.3, -0.25) is 4.79 Å². The summed E-state index contributed by atoms with van der Waals surface area (Å²) in [6.45, 7) is 1.56. The quantitative estimate of drug-likeness (QED) is 0.495. The van der Waals surface area contributed by atoms with E-state index >= 15 is 0 Å². The van der Waals surface area contributed by atoms with E-state index in [1.807, 2.05) is 0 Å². The molecule has 0 aliphatic rings. The van der Waals surface area contributed by atoms with E-state index in [1.54, 1.807) is 21.0 Å². The second-order valence-electron chi connectivity index (χ2n) is 2.69. The van der Waals surface area contributed by atoms with E-state index in [1.165, 1.54) is 18.1 Å². The molecule has 2 amide bonds. The maximum atomic E-state index is 11.1. The van der Waals surface area contributed by atoms with Crippen LogP contribution >= 0.6 is 0 Å². The Morgan fingerprint density at radius 1 is 1.29 bits per heavy atom. The monoisotopic (exact) mass is 199 g/mol. The maximum Gasteiger partial charge on any atom is 0.452 e. The standard InChI is InChI=1S/C8H13N3O3/c1-6(5-7(12)11(2)3)9-10-8(13)14-4/h5H,1-4H3/b6-5+,10-9?. The lowest BCUT2D eigenvalue weighted by atomic mass is 10.4. The Hall–Kier alpha value is -1.72. The highest BCUT2D eigenvalue weighted by atomic mass is 16.5. The first-order chi connectivity index (χ1) is 6.47. The first kappa shape index (κ1) is 12.3. The van der Waals surface area contributed by atoms with Gasteiger partial charge in [-0.05, 0) is 6.92 Å². The molecule has 0 saturated heterocycles. The fraction of sp³-hybridized carbons (Fsp3) is 0.500. The van der Waals surface area contributed by atoms with Crippen molar-refractivity contribution in [2.45, 2.75) is 6.92 Å². The number of nitrogens with zero attached hydrogens (tertiary/aromatic N) is 3. The fourth-order valence-electron chi connectivity index (χ4n) is 0.497. The third kappa shape index (κ3) is 5.02. The van der Waals surface area contributed by atoms with E-state index in [-0.39, 0.29) is 5.91 Å². The van der Waals surface area contributed by atoms with Crippen LogP contribution in [0.4, 0.5) is 4.79 Å². The Bertz CT molecular complexity index is 282. The molecule has 0 radical (unpaired) electrons. The van der Waals surface area contributed by atoms with Crippen molar-refractivity contribution in [2.75, 3.05) is 21.2 Å². The average molecular weight is 199 g/mol. The van der Waals surface area contributed by atoms with Crippen LogP contribution in [0, 0.1) is 0 Å². The van der Waals surface area contributed by atoms with E-state index < -0.39 is 6.09 Å². The maximum absolute atomic E-state index is 11.1. The van der Waals surface area contributed by atoms with Crippen molar-refractivity contribution in [3.05, 3.63) is 11.8 Å². The SMILES string of the molecule is COC(=O)N=N/C(C)=C/C(=O)N(C)C. The molecule has 0 saturated carbocycles. The number of allylic oxidation sites excluding steroid dienone is 1. The zero-order chi connectivity index (χ0) is 11.1. The first-order valence-electron chi connectivity index (χ1n) is 3.86. The third-order valence-corrected chi connectivity index (χ3v) is 1.24. The summed E-state index contributed by atoms with van der Waals surface area (Å²) in [6, 6.07) is 0.